The van der Waals surface area contributed by atoms with Crippen molar-refractivity contribution in [3.05, 3.63) is 30.1 Å². The van der Waals surface area contributed by atoms with E-state index in [1.165, 1.54) is 0 Å². The van der Waals surface area contributed by atoms with Crippen LogP contribution in [0.4, 0.5) is 0 Å². The van der Waals surface area contributed by atoms with Gasteiger partial charge in [0.15, 0.2) is 0 Å². The van der Waals surface area contributed by atoms with Gasteiger partial charge in [0.25, 0.3) is 0 Å². The smallest absolute Gasteiger partial charge is 0.223 e. The van der Waals surface area contributed by atoms with Gasteiger partial charge in [-0.05, 0) is 19.2 Å². The molecule has 4 nitrogen and oxygen atoms in total. The summed E-state index contributed by atoms with van der Waals surface area (Å²) in [5.74, 6) is 0.134. The first kappa shape index (κ1) is 18.5. The number of pyridine rings is 1. The zero-order chi connectivity index (χ0) is 11.1. The summed E-state index contributed by atoms with van der Waals surface area (Å²) in [6.45, 7) is 1.29. The van der Waals surface area contributed by atoms with Crippen molar-refractivity contribution in [3.63, 3.8) is 0 Å². The van der Waals surface area contributed by atoms with E-state index >= 15 is 0 Å². The van der Waals surface area contributed by atoms with Crippen LogP contribution in [0, 0.1) is 0 Å². The molecular weight excluding hydrogens is 261 g/mol. The first-order valence-electron chi connectivity index (χ1n) is 5.02. The second kappa shape index (κ2) is 10.3. The quantitative estimate of drug-likeness (QED) is 0.889. The lowest BCUT2D eigenvalue weighted by atomic mass is 10.3. The molecule has 6 heteroatoms. The summed E-state index contributed by atoms with van der Waals surface area (Å²) in [7, 11) is 3.64. The molecule has 1 rings (SSSR count). The van der Waals surface area contributed by atoms with Crippen LogP contribution in [0.5, 0.6) is 0 Å². The number of nitrogens with zero attached hydrogens (tertiary/aromatic N) is 2. The lowest BCUT2D eigenvalue weighted by Crippen LogP contribution is -2.28. The predicted molar refractivity (Wildman–Crippen MR) is 73.8 cm³/mol. The lowest BCUT2D eigenvalue weighted by molar-refractivity contribution is -0.130. The highest BCUT2D eigenvalue weighted by atomic mass is 35.5. The van der Waals surface area contributed by atoms with E-state index in [1.807, 2.05) is 25.2 Å². The van der Waals surface area contributed by atoms with Gasteiger partial charge in [0.05, 0.1) is 12.2 Å². The van der Waals surface area contributed by atoms with Gasteiger partial charge in [0.1, 0.15) is 0 Å². The van der Waals surface area contributed by atoms with Crippen LogP contribution < -0.4 is 5.32 Å². The Bertz CT molecular complexity index is 309. The van der Waals surface area contributed by atoms with Crippen molar-refractivity contribution in [1.29, 1.82) is 0 Å². The van der Waals surface area contributed by atoms with Crippen LogP contribution in [0.25, 0.3) is 0 Å². The molecule has 0 aromatic carbocycles. The number of carbonyl (C=O) groups is 1. The predicted octanol–water partition coefficient (Wildman–Crippen LogP) is 1.49. The number of hydrogen-bond donors (Lipinski definition) is 1. The molecule has 0 radical (unpaired) electrons. The van der Waals surface area contributed by atoms with Crippen LogP contribution in [0.3, 0.4) is 0 Å². The Hall–Kier alpha value is -0.840. The summed E-state index contributed by atoms with van der Waals surface area (Å²) in [5.41, 5.74) is 0.915. The van der Waals surface area contributed by atoms with E-state index in [2.05, 4.69) is 10.3 Å². The van der Waals surface area contributed by atoms with E-state index in [9.17, 15) is 4.79 Å². The maximum atomic E-state index is 11.6. The minimum Gasteiger partial charge on any atom is -0.340 e. The van der Waals surface area contributed by atoms with E-state index < -0.39 is 0 Å². The molecule has 0 saturated heterocycles. The molecule has 1 aromatic heterocycles. The summed E-state index contributed by atoms with van der Waals surface area (Å²) in [6.07, 6.45) is 2.26. The van der Waals surface area contributed by atoms with Crippen molar-refractivity contribution in [2.24, 2.45) is 0 Å². The zero-order valence-corrected chi connectivity index (χ0v) is 11.7. The van der Waals surface area contributed by atoms with Crippen molar-refractivity contribution in [2.75, 3.05) is 20.6 Å². The number of carbonyl (C=O) groups excluding carboxylic acids is 1. The number of amides is 1. The van der Waals surface area contributed by atoms with Gasteiger partial charge in [0, 0.05) is 26.2 Å². The summed E-state index contributed by atoms with van der Waals surface area (Å²) in [6, 6.07) is 5.71. The number of halogens is 2. The SMILES string of the molecule is CNCCC(=O)N(C)Cc1ccccn1.Cl.Cl. The molecule has 0 unspecified atom stereocenters. The third-order valence-corrected chi connectivity index (χ3v) is 2.14. The summed E-state index contributed by atoms with van der Waals surface area (Å²) < 4.78 is 0. The van der Waals surface area contributed by atoms with Crippen LogP contribution in [0.1, 0.15) is 12.1 Å². The molecule has 1 amide bonds. The summed E-state index contributed by atoms with van der Waals surface area (Å²) in [5, 5.41) is 2.95. The van der Waals surface area contributed by atoms with Gasteiger partial charge in [-0.25, -0.2) is 0 Å². The van der Waals surface area contributed by atoms with Gasteiger partial charge in [-0.2, -0.15) is 0 Å². The third-order valence-electron chi connectivity index (χ3n) is 2.14. The van der Waals surface area contributed by atoms with Gasteiger partial charge in [0.2, 0.25) is 5.91 Å². The molecule has 0 fully saturated rings. The minimum atomic E-state index is 0. The Morgan fingerprint density at radius 1 is 1.41 bits per heavy atom. The topological polar surface area (TPSA) is 45.2 Å². The van der Waals surface area contributed by atoms with Gasteiger partial charge in [-0.15, -0.1) is 24.8 Å². The van der Waals surface area contributed by atoms with Gasteiger partial charge in [-0.3, -0.25) is 9.78 Å². The third kappa shape index (κ3) is 7.15. The van der Waals surface area contributed by atoms with Crippen LogP contribution in [-0.2, 0) is 11.3 Å². The Labute approximate surface area is 115 Å². The Kier molecular flexibility index (Phi) is 11.2. The van der Waals surface area contributed by atoms with Crippen LogP contribution in [-0.4, -0.2) is 36.4 Å². The molecule has 0 aliphatic heterocycles. The van der Waals surface area contributed by atoms with Gasteiger partial charge in [-0.1, -0.05) is 6.07 Å². The standard InChI is InChI=1S/C11H17N3O.2ClH/c1-12-8-6-11(15)14(2)9-10-5-3-4-7-13-10;;/h3-5,7,12H,6,8-9H2,1-2H3;2*1H. The van der Waals surface area contributed by atoms with Crippen LogP contribution in [0.15, 0.2) is 24.4 Å². The van der Waals surface area contributed by atoms with Crippen molar-refractivity contribution in [3.8, 4) is 0 Å². The molecule has 1 aromatic rings. The number of aromatic nitrogens is 1. The fraction of sp³-hybridized carbons (Fsp3) is 0.455. The second-order valence-electron chi connectivity index (χ2n) is 3.42. The second-order valence-corrected chi connectivity index (χ2v) is 3.42. The van der Waals surface area contributed by atoms with E-state index in [4.69, 9.17) is 0 Å². The first-order valence-corrected chi connectivity index (χ1v) is 5.02. The Morgan fingerprint density at radius 3 is 2.65 bits per heavy atom. The molecule has 0 aliphatic carbocycles. The number of hydrogen-bond acceptors (Lipinski definition) is 3. The van der Waals surface area contributed by atoms with Crippen molar-refractivity contribution < 1.29 is 4.79 Å². The Balaban J connectivity index is 0. The van der Waals surface area contributed by atoms with E-state index in [0.29, 0.717) is 19.5 Å². The van der Waals surface area contributed by atoms with E-state index in [0.717, 1.165) is 5.69 Å². The Morgan fingerprint density at radius 2 is 2.12 bits per heavy atom. The molecule has 0 aliphatic rings. The molecule has 1 heterocycles. The van der Waals surface area contributed by atoms with Crippen LogP contribution >= 0.6 is 24.8 Å². The van der Waals surface area contributed by atoms with Gasteiger partial charge >= 0.3 is 0 Å². The van der Waals surface area contributed by atoms with Crippen molar-refractivity contribution >= 4 is 30.7 Å². The highest BCUT2D eigenvalue weighted by Gasteiger charge is 2.08. The highest BCUT2D eigenvalue weighted by molar-refractivity contribution is 5.85. The molecule has 0 bridgehead atoms. The van der Waals surface area contributed by atoms with E-state index in [-0.39, 0.29) is 30.7 Å². The zero-order valence-electron chi connectivity index (χ0n) is 10.0. The van der Waals surface area contributed by atoms with Gasteiger partial charge < -0.3 is 10.2 Å². The molecule has 98 valence electrons. The first-order chi connectivity index (χ1) is 7.24. The molecule has 1 N–H and O–H groups in total. The van der Waals surface area contributed by atoms with E-state index in [1.54, 1.807) is 18.1 Å². The largest absolute Gasteiger partial charge is 0.340 e. The highest BCUT2D eigenvalue weighted by Crippen LogP contribution is 2.00. The minimum absolute atomic E-state index is 0. The molecule has 0 spiro atoms. The molecule has 0 saturated carbocycles. The number of rotatable bonds is 5. The van der Waals surface area contributed by atoms with Crippen molar-refractivity contribution in [1.82, 2.24) is 15.2 Å². The fourth-order valence-electron chi connectivity index (χ4n) is 1.25. The summed E-state index contributed by atoms with van der Waals surface area (Å²) in [4.78, 5) is 17.4. The molecule has 0 atom stereocenters. The molecular formula is C11H19Cl2N3O. The average molecular weight is 280 g/mol. The summed E-state index contributed by atoms with van der Waals surface area (Å²) >= 11 is 0. The monoisotopic (exact) mass is 279 g/mol. The van der Waals surface area contributed by atoms with Crippen molar-refractivity contribution in [2.45, 2.75) is 13.0 Å². The molecule has 17 heavy (non-hydrogen) atoms. The lowest BCUT2D eigenvalue weighted by Gasteiger charge is -2.16. The average Bonchev–Trinajstić information content (AvgIpc) is 2.27. The number of nitrogens with one attached hydrogen (secondary N) is 1. The normalized spacial score (nSPS) is 8.82. The fourth-order valence-corrected chi connectivity index (χ4v) is 1.25. The maximum Gasteiger partial charge on any atom is 0.223 e. The van der Waals surface area contributed by atoms with Crippen LogP contribution in [0.2, 0.25) is 0 Å². The maximum absolute atomic E-state index is 11.6.